The molecule has 2 N–H and O–H groups in total. The molecule has 0 atom stereocenters. The van der Waals surface area contributed by atoms with E-state index in [0.29, 0.717) is 0 Å². The number of hydrogen-bond acceptors (Lipinski definition) is 3. The van der Waals surface area contributed by atoms with E-state index in [4.69, 9.17) is 16.3 Å². The van der Waals surface area contributed by atoms with Crippen molar-refractivity contribution in [3.8, 4) is 0 Å². The van der Waals surface area contributed by atoms with Gasteiger partial charge in [-0.25, -0.2) is 4.79 Å². The average molecular weight is 325 g/mol. The highest BCUT2D eigenvalue weighted by Gasteiger charge is 2.39. The quantitative estimate of drug-likeness (QED) is 0.864. The van der Waals surface area contributed by atoms with Gasteiger partial charge in [0.1, 0.15) is 5.60 Å². The molecule has 1 fully saturated rings. The van der Waals surface area contributed by atoms with Crippen molar-refractivity contribution in [2.75, 3.05) is 6.54 Å². The molecule has 1 aromatic carbocycles. The van der Waals surface area contributed by atoms with Gasteiger partial charge in [0.2, 0.25) is 0 Å². The molecule has 0 aromatic heterocycles. The Balaban J connectivity index is 1.81. The molecule has 1 aromatic rings. The molecular weight excluding hydrogens is 300 g/mol. The summed E-state index contributed by atoms with van der Waals surface area (Å²) < 4.78 is 5.35. The minimum atomic E-state index is -0.467. The van der Waals surface area contributed by atoms with Crippen molar-refractivity contribution in [1.82, 2.24) is 10.6 Å². The van der Waals surface area contributed by atoms with Crippen LogP contribution in [0, 0.1) is 0 Å². The van der Waals surface area contributed by atoms with Gasteiger partial charge < -0.3 is 15.4 Å². The van der Waals surface area contributed by atoms with Gasteiger partial charge in [-0.15, -0.1) is 0 Å². The highest BCUT2D eigenvalue weighted by molar-refractivity contribution is 6.30. The molecule has 1 saturated carbocycles. The standard InChI is InChI=1S/C17H25ClN2O2/c1-16(2,3)22-15(21)20-17(9-4-10-17)12-19-11-13-5-7-14(18)8-6-13/h5-8,19H,4,9-12H2,1-3H3,(H,20,21). The Morgan fingerprint density at radius 3 is 2.41 bits per heavy atom. The number of halogens is 1. The lowest BCUT2D eigenvalue weighted by Crippen LogP contribution is -2.59. The van der Waals surface area contributed by atoms with Crippen molar-refractivity contribution in [2.24, 2.45) is 0 Å². The summed E-state index contributed by atoms with van der Waals surface area (Å²) in [4.78, 5) is 12.0. The molecule has 0 spiro atoms. The van der Waals surface area contributed by atoms with Gasteiger partial charge in [-0.05, 0) is 57.7 Å². The lowest BCUT2D eigenvalue weighted by atomic mass is 9.76. The van der Waals surface area contributed by atoms with Crippen molar-refractivity contribution < 1.29 is 9.53 Å². The highest BCUT2D eigenvalue weighted by Crippen LogP contribution is 2.31. The number of alkyl carbamates (subject to hydrolysis) is 1. The van der Waals surface area contributed by atoms with Gasteiger partial charge in [-0.1, -0.05) is 23.7 Å². The summed E-state index contributed by atoms with van der Waals surface area (Å²) in [6.45, 7) is 7.13. The van der Waals surface area contributed by atoms with Gasteiger partial charge in [0, 0.05) is 18.1 Å². The number of carbonyl (C=O) groups excluding carboxylic acids is 1. The second-order valence-electron chi connectivity index (χ2n) is 6.99. The maximum atomic E-state index is 12.0. The summed E-state index contributed by atoms with van der Waals surface area (Å²) in [5, 5.41) is 7.20. The van der Waals surface area contributed by atoms with Crippen LogP contribution in [0.2, 0.25) is 5.02 Å². The summed E-state index contributed by atoms with van der Waals surface area (Å²) in [6, 6.07) is 7.78. The monoisotopic (exact) mass is 324 g/mol. The number of amides is 1. The molecule has 0 heterocycles. The van der Waals surface area contributed by atoms with Crippen LogP contribution >= 0.6 is 11.6 Å². The van der Waals surface area contributed by atoms with E-state index in [2.05, 4.69) is 10.6 Å². The molecule has 0 unspecified atom stereocenters. The fourth-order valence-corrected chi connectivity index (χ4v) is 2.64. The normalized spacial score (nSPS) is 16.7. The van der Waals surface area contributed by atoms with Crippen molar-refractivity contribution in [3.63, 3.8) is 0 Å². The van der Waals surface area contributed by atoms with E-state index < -0.39 is 5.60 Å². The second kappa shape index (κ2) is 6.88. The smallest absolute Gasteiger partial charge is 0.408 e. The Morgan fingerprint density at radius 2 is 1.91 bits per heavy atom. The number of hydrogen-bond donors (Lipinski definition) is 2. The van der Waals surface area contributed by atoms with Crippen LogP contribution in [0.25, 0.3) is 0 Å². The maximum absolute atomic E-state index is 12.0. The second-order valence-corrected chi connectivity index (χ2v) is 7.43. The van der Waals surface area contributed by atoms with E-state index in [1.165, 1.54) is 5.56 Å². The number of ether oxygens (including phenoxy) is 1. The third-order valence-corrected chi connectivity index (χ3v) is 4.03. The van der Waals surface area contributed by atoms with E-state index in [-0.39, 0.29) is 11.6 Å². The fraction of sp³-hybridized carbons (Fsp3) is 0.588. The molecule has 0 bridgehead atoms. The van der Waals surface area contributed by atoms with E-state index in [1.807, 2.05) is 45.0 Å². The van der Waals surface area contributed by atoms with Crippen LogP contribution in [0.3, 0.4) is 0 Å². The first-order chi connectivity index (χ1) is 10.3. The van der Waals surface area contributed by atoms with Crippen LogP contribution in [0.1, 0.15) is 45.6 Å². The molecule has 22 heavy (non-hydrogen) atoms. The summed E-state index contributed by atoms with van der Waals surface area (Å²) >= 11 is 5.88. The molecule has 0 saturated heterocycles. The van der Waals surface area contributed by atoms with Gasteiger partial charge in [0.15, 0.2) is 0 Å². The van der Waals surface area contributed by atoms with Crippen LogP contribution in [0.4, 0.5) is 4.79 Å². The Kier molecular flexibility index (Phi) is 5.35. The SMILES string of the molecule is CC(C)(C)OC(=O)NC1(CNCc2ccc(Cl)cc2)CCC1. The summed E-state index contributed by atoms with van der Waals surface area (Å²) in [6.07, 6.45) is 2.78. The first-order valence-electron chi connectivity index (χ1n) is 7.74. The zero-order valence-corrected chi connectivity index (χ0v) is 14.3. The van der Waals surface area contributed by atoms with Crippen molar-refractivity contribution in [1.29, 1.82) is 0 Å². The topological polar surface area (TPSA) is 50.4 Å². The minimum absolute atomic E-state index is 0.172. The summed E-state index contributed by atoms with van der Waals surface area (Å²) in [5.41, 5.74) is 0.539. The van der Waals surface area contributed by atoms with E-state index in [0.717, 1.165) is 37.4 Å². The fourth-order valence-electron chi connectivity index (χ4n) is 2.52. The Bertz CT molecular complexity index is 504. The zero-order chi connectivity index (χ0) is 16.2. The predicted molar refractivity (Wildman–Crippen MR) is 89.1 cm³/mol. The van der Waals surface area contributed by atoms with Crippen molar-refractivity contribution in [2.45, 2.75) is 57.7 Å². The molecule has 4 nitrogen and oxygen atoms in total. The average Bonchev–Trinajstić information content (AvgIpc) is 2.36. The molecule has 1 aliphatic rings. The largest absolute Gasteiger partial charge is 0.444 e. The van der Waals surface area contributed by atoms with Crippen molar-refractivity contribution in [3.05, 3.63) is 34.9 Å². The molecule has 1 aliphatic carbocycles. The van der Waals surface area contributed by atoms with Crippen LogP contribution in [0.5, 0.6) is 0 Å². The van der Waals surface area contributed by atoms with Gasteiger partial charge in [-0.2, -0.15) is 0 Å². The van der Waals surface area contributed by atoms with Crippen LogP contribution in [-0.4, -0.2) is 23.8 Å². The molecule has 0 radical (unpaired) electrons. The zero-order valence-electron chi connectivity index (χ0n) is 13.5. The number of rotatable bonds is 5. The minimum Gasteiger partial charge on any atom is -0.444 e. The summed E-state index contributed by atoms with van der Waals surface area (Å²) in [7, 11) is 0. The molecular formula is C17H25ClN2O2. The molecule has 5 heteroatoms. The van der Waals surface area contributed by atoms with Gasteiger partial charge in [-0.3, -0.25) is 0 Å². The van der Waals surface area contributed by atoms with E-state index in [9.17, 15) is 4.79 Å². The number of nitrogens with one attached hydrogen (secondary N) is 2. The Hall–Kier alpha value is -1.26. The third kappa shape index (κ3) is 5.18. The predicted octanol–water partition coefficient (Wildman–Crippen LogP) is 3.88. The summed E-state index contributed by atoms with van der Waals surface area (Å²) in [5.74, 6) is 0. The van der Waals surface area contributed by atoms with Gasteiger partial charge in [0.05, 0.1) is 5.54 Å². The van der Waals surface area contributed by atoms with Crippen molar-refractivity contribution >= 4 is 17.7 Å². The first kappa shape index (κ1) is 17.1. The molecule has 1 amide bonds. The molecule has 122 valence electrons. The van der Waals surface area contributed by atoms with E-state index >= 15 is 0 Å². The van der Waals surface area contributed by atoms with Gasteiger partial charge >= 0.3 is 6.09 Å². The van der Waals surface area contributed by atoms with E-state index in [1.54, 1.807) is 0 Å². The first-order valence-corrected chi connectivity index (χ1v) is 8.12. The Labute approximate surface area is 137 Å². The lowest BCUT2D eigenvalue weighted by molar-refractivity contribution is 0.0382. The van der Waals surface area contributed by atoms with Crippen LogP contribution in [-0.2, 0) is 11.3 Å². The lowest BCUT2D eigenvalue weighted by Gasteiger charge is -2.42. The van der Waals surface area contributed by atoms with Crippen LogP contribution < -0.4 is 10.6 Å². The maximum Gasteiger partial charge on any atom is 0.408 e. The third-order valence-electron chi connectivity index (χ3n) is 3.78. The Morgan fingerprint density at radius 1 is 1.27 bits per heavy atom. The van der Waals surface area contributed by atoms with Crippen LogP contribution in [0.15, 0.2) is 24.3 Å². The number of benzene rings is 1. The highest BCUT2D eigenvalue weighted by atomic mass is 35.5. The molecule has 0 aliphatic heterocycles. The van der Waals surface area contributed by atoms with Gasteiger partial charge in [0.25, 0.3) is 0 Å². The number of carbonyl (C=O) groups is 1. The molecule has 2 rings (SSSR count).